The zero-order chi connectivity index (χ0) is 20.1. The second kappa shape index (κ2) is 5.98. The van der Waals surface area contributed by atoms with E-state index in [2.05, 4.69) is 4.98 Å². The standard InChI is InChI=1S/C17H11F3N4O3/c1-23-14-11(15(26)24(2)16(23)27)13(25)10(7-21)12(22-14)8-3-5-9(6-4-8)17(18,19)20/h3-6H,1-2H3,(H,22,25). The number of aromatic nitrogens is 3. The fourth-order valence-electron chi connectivity index (χ4n) is 2.76. The number of hydrogen-bond donors (Lipinski definition) is 1. The maximum atomic E-state index is 12.7. The van der Waals surface area contributed by atoms with E-state index in [1.54, 1.807) is 6.07 Å². The molecule has 2 aromatic heterocycles. The summed E-state index contributed by atoms with van der Waals surface area (Å²) in [5.41, 5.74) is -3.87. The Bertz CT molecular complexity index is 1290. The molecule has 0 fully saturated rings. The Kier molecular flexibility index (Phi) is 4.03. The average Bonchev–Trinajstić information content (AvgIpc) is 2.63. The minimum Gasteiger partial charge on any atom is -0.339 e. The Morgan fingerprint density at radius 2 is 1.63 bits per heavy atom. The van der Waals surface area contributed by atoms with Gasteiger partial charge in [0, 0.05) is 14.1 Å². The summed E-state index contributed by atoms with van der Waals surface area (Å²) < 4.78 is 40.0. The van der Waals surface area contributed by atoms with Crippen LogP contribution in [0.15, 0.2) is 38.6 Å². The summed E-state index contributed by atoms with van der Waals surface area (Å²) in [6, 6.07) is 5.49. The summed E-state index contributed by atoms with van der Waals surface area (Å²) in [5, 5.41) is 8.98. The summed E-state index contributed by atoms with van der Waals surface area (Å²) >= 11 is 0. The fraction of sp³-hybridized carbons (Fsp3) is 0.176. The number of aryl methyl sites for hydroxylation is 1. The Hall–Kier alpha value is -3.61. The van der Waals surface area contributed by atoms with E-state index in [1.165, 1.54) is 14.1 Å². The molecular weight excluding hydrogens is 365 g/mol. The molecule has 1 aromatic carbocycles. The number of nitrogens with one attached hydrogen (secondary N) is 1. The first-order valence-electron chi connectivity index (χ1n) is 7.51. The van der Waals surface area contributed by atoms with Gasteiger partial charge in [-0.15, -0.1) is 0 Å². The highest BCUT2D eigenvalue weighted by Gasteiger charge is 2.30. The summed E-state index contributed by atoms with van der Waals surface area (Å²) in [5.74, 6) is 0. The van der Waals surface area contributed by atoms with Crippen molar-refractivity contribution >= 4 is 11.0 Å². The molecular formula is C17H11F3N4O3. The number of aromatic amines is 1. The predicted molar refractivity (Wildman–Crippen MR) is 90.2 cm³/mol. The van der Waals surface area contributed by atoms with Gasteiger partial charge in [0.1, 0.15) is 22.7 Å². The molecule has 1 N–H and O–H groups in total. The van der Waals surface area contributed by atoms with E-state index in [1.807, 2.05) is 0 Å². The van der Waals surface area contributed by atoms with Crippen LogP contribution in [0.1, 0.15) is 11.1 Å². The first-order valence-corrected chi connectivity index (χ1v) is 7.51. The van der Waals surface area contributed by atoms with Crippen LogP contribution < -0.4 is 16.7 Å². The number of nitrogens with zero attached hydrogens (tertiary/aromatic N) is 3. The van der Waals surface area contributed by atoms with Crippen molar-refractivity contribution in [2.24, 2.45) is 14.1 Å². The molecule has 0 radical (unpaired) electrons. The molecule has 0 aliphatic heterocycles. The molecule has 10 heteroatoms. The third-order valence-electron chi connectivity index (χ3n) is 4.22. The van der Waals surface area contributed by atoms with E-state index >= 15 is 0 Å². The van der Waals surface area contributed by atoms with Crippen LogP contribution in [-0.2, 0) is 20.3 Å². The van der Waals surface area contributed by atoms with Crippen LogP contribution in [-0.4, -0.2) is 14.1 Å². The molecule has 0 aliphatic rings. The minimum absolute atomic E-state index is 0.0769. The lowest BCUT2D eigenvalue weighted by atomic mass is 10.0. The molecule has 0 saturated heterocycles. The van der Waals surface area contributed by atoms with Gasteiger partial charge in [0.25, 0.3) is 5.56 Å². The van der Waals surface area contributed by atoms with Gasteiger partial charge in [-0.25, -0.2) is 4.79 Å². The third kappa shape index (κ3) is 2.73. The molecule has 0 aliphatic carbocycles. The highest BCUT2D eigenvalue weighted by molar-refractivity contribution is 5.81. The molecule has 0 saturated carbocycles. The van der Waals surface area contributed by atoms with E-state index in [0.29, 0.717) is 0 Å². The first kappa shape index (κ1) is 18.2. The number of fused-ring (bicyclic) bond motifs is 1. The third-order valence-corrected chi connectivity index (χ3v) is 4.22. The second-order valence-corrected chi connectivity index (χ2v) is 5.82. The number of pyridine rings is 1. The van der Waals surface area contributed by atoms with Crippen LogP contribution in [0, 0.1) is 11.3 Å². The van der Waals surface area contributed by atoms with E-state index in [0.717, 1.165) is 33.4 Å². The molecule has 0 atom stereocenters. The van der Waals surface area contributed by atoms with Crippen LogP contribution in [0.2, 0.25) is 0 Å². The van der Waals surface area contributed by atoms with E-state index in [-0.39, 0.29) is 22.3 Å². The number of halogens is 3. The lowest BCUT2D eigenvalue weighted by Crippen LogP contribution is -2.39. The van der Waals surface area contributed by atoms with Crippen molar-refractivity contribution < 1.29 is 13.2 Å². The zero-order valence-electron chi connectivity index (χ0n) is 14.0. The first-order chi connectivity index (χ1) is 12.6. The maximum Gasteiger partial charge on any atom is 0.416 e. The van der Waals surface area contributed by atoms with Gasteiger partial charge in [-0.1, -0.05) is 12.1 Å². The van der Waals surface area contributed by atoms with E-state index < -0.39 is 34.0 Å². The lowest BCUT2D eigenvalue weighted by molar-refractivity contribution is -0.137. The van der Waals surface area contributed by atoms with Crippen molar-refractivity contribution in [1.82, 2.24) is 14.1 Å². The van der Waals surface area contributed by atoms with Gasteiger partial charge in [0.05, 0.1) is 11.3 Å². The van der Waals surface area contributed by atoms with Gasteiger partial charge < -0.3 is 4.98 Å². The average molecular weight is 376 g/mol. The molecule has 7 nitrogen and oxygen atoms in total. The number of H-pyrrole nitrogens is 1. The molecule has 0 amide bonds. The van der Waals surface area contributed by atoms with Crippen molar-refractivity contribution in [3.8, 4) is 17.3 Å². The Morgan fingerprint density at radius 3 is 2.15 bits per heavy atom. The van der Waals surface area contributed by atoms with Crippen molar-refractivity contribution in [3.63, 3.8) is 0 Å². The quantitative estimate of drug-likeness (QED) is 0.695. The van der Waals surface area contributed by atoms with Gasteiger partial charge in [-0.3, -0.25) is 18.7 Å². The second-order valence-electron chi connectivity index (χ2n) is 5.82. The summed E-state index contributed by atoms with van der Waals surface area (Å²) in [4.78, 5) is 39.7. The van der Waals surface area contributed by atoms with Crippen molar-refractivity contribution in [1.29, 1.82) is 5.26 Å². The molecule has 0 bridgehead atoms. The number of rotatable bonds is 1. The van der Waals surface area contributed by atoms with Crippen molar-refractivity contribution in [2.45, 2.75) is 6.18 Å². The number of benzene rings is 1. The highest BCUT2D eigenvalue weighted by Crippen LogP contribution is 2.31. The van der Waals surface area contributed by atoms with Crippen LogP contribution in [0.3, 0.4) is 0 Å². The highest BCUT2D eigenvalue weighted by atomic mass is 19.4. The summed E-state index contributed by atoms with van der Waals surface area (Å²) in [6.07, 6.45) is -4.54. The van der Waals surface area contributed by atoms with E-state index in [9.17, 15) is 32.8 Å². The summed E-state index contributed by atoms with van der Waals surface area (Å²) in [7, 11) is 2.52. The Balaban J connectivity index is 2.42. The van der Waals surface area contributed by atoms with Crippen LogP contribution in [0.5, 0.6) is 0 Å². The van der Waals surface area contributed by atoms with E-state index in [4.69, 9.17) is 0 Å². The van der Waals surface area contributed by atoms with Crippen LogP contribution in [0.25, 0.3) is 22.3 Å². The van der Waals surface area contributed by atoms with Crippen LogP contribution >= 0.6 is 0 Å². The molecule has 0 spiro atoms. The lowest BCUT2D eigenvalue weighted by Gasteiger charge is -2.12. The predicted octanol–water partition coefficient (Wildman–Crippen LogP) is 1.48. The monoisotopic (exact) mass is 376 g/mol. The van der Waals surface area contributed by atoms with Crippen LogP contribution in [0.4, 0.5) is 13.2 Å². The smallest absolute Gasteiger partial charge is 0.339 e. The minimum atomic E-state index is -4.54. The van der Waals surface area contributed by atoms with Gasteiger partial charge in [0.15, 0.2) is 0 Å². The van der Waals surface area contributed by atoms with Gasteiger partial charge in [0.2, 0.25) is 5.43 Å². The molecule has 3 rings (SSSR count). The number of alkyl halides is 3. The zero-order valence-corrected chi connectivity index (χ0v) is 14.0. The van der Waals surface area contributed by atoms with Gasteiger partial charge in [-0.2, -0.15) is 18.4 Å². The van der Waals surface area contributed by atoms with Crippen molar-refractivity contribution in [3.05, 3.63) is 66.5 Å². The molecule has 27 heavy (non-hydrogen) atoms. The SMILES string of the molecule is Cn1c(=O)c2c(=O)c(C#N)c(-c3ccc(C(F)(F)F)cc3)[nH]c2n(C)c1=O. The Labute approximate surface area is 148 Å². The van der Waals surface area contributed by atoms with Gasteiger partial charge in [-0.05, 0) is 17.7 Å². The molecule has 0 unspecified atom stereocenters. The molecule has 3 aromatic rings. The number of hydrogen-bond acceptors (Lipinski definition) is 4. The Morgan fingerprint density at radius 1 is 1.04 bits per heavy atom. The maximum absolute atomic E-state index is 12.7. The number of nitriles is 1. The normalized spacial score (nSPS) is 11.6. The van der Waals surface area contributed by atoms with Crippen molar-refractivity contribution in [2.75, 3.05) is 0 Å². The summed E-state index contributed by atoms with van der Waals surface area (Å²) in [6.45, 7) is 0. The topological polar surface area (TPSA) is 101 Å². The molecule has 138 valence electrons. The fourth-order valence-corrected chi connectivity index (χ4v) is 2.76. The van der Waals surface area contributed by atoms with Gasteiger partial charge >= 0.3 is 11.9 Å². The largest absolute Gasteiger partial charge is 0.416 e. The molecule has 2 heterocycles.